The van der Waals surface area contributed by atoms with Crippen molar-refractivity contribution < 1.29 is 18.4 Å². The second kappa shape index (κ2) is 5.78. The Balaban J connectivity index is 2.50. The standard InChI is InChI=1S/C10H11F2N3O2/c1-13-10(17)15-9(16)5-14-8-3-6(11)2-7(12)4-8/h2-4,14H,5H2,1H3,(H2,13,15,16,17). The third-order valence-electron chi connectivity index (χ3n) is 1.80. The van der Waals surface area contributed by atoms with Crippen LogP contribution < -0.4 is 16.0 Å². The second-order valence-electron chi connectivity index (χ2n) is 3.14. The molecule has 0 aliphatic heterocycles. The molecule has 1 rings (SSSR count). The zero-order chi connectivity index (χ0) is 12.8. The van der Waals surface area contributed by atoms with E-state index in [2.05, 4.69) is 10.6 Å². The van der Waals surface area contributed by atoms with Crippen molar-refractivity contribution in [3.05, 3.63) is 29.8 Å². The summed E-state index contributed by atoms with van der Waals surface area (Å²) in [5.41, 5.74) is 0.120. The number of nitrogens with one attached hydrogen (secondary N) is 3. The second-order valence-corrected chi connectivity index (χ2v) is 3.14. The summed E-state index contributed by atoms with van der Waals surface area (Å²) < 4.78 is 25.5. The molecule has 0 heterocycles. The first-order chi connectivity index (χ1) is 8.01. The van der Waals surface area contributed by atoms with Crippen LogP contribution in [0.4, 0.5) is 19.3 Å². The summed E-state index contributed by atoms with van der Waals surface area (Å²) in [6.45, 7) is -0.268. The molecule has 0 aliphatic rings. The lowest BCUT2D eigenvalue weighted by molar-refractivity contribution is -0.118. The molecule has 5 nitrogen and oxygen atoms in total. The van der Waals surface area contributed by atoms with Gasteiger partial charge in [0.15, 0.2) is 0 Å². The Morgan fingerprint density at radius 1 is 1.18 bits per heavy atom. The molecule has 3 amide bonds. The van der Waals surface area contributed by atoms with Gasteiger partial charge in [0.1, 0.15) is 11.6 Å². The van der Waals surface area contributed by atoms with E-state index < -0.39 is 23.6 Å². The number of halogens is 2. The number of imide groups is 1. The molecule has 17 heavy (non-hydrogen) atoms. The monoisotopic (exact) mass is 243 g/mol. The SMILES string of the molecule is CNC(=O)NC(=O)CNc1cc(F)cc(F)c1. The Hall–Kier alpha value is -2.18. The Kier molecular flexibility index (Phi) is 4.38. The van der Waals surface area contributed by atoms with Gasteiger partial charge in [-0.25, -0.2) is 13.6 Å². The van der Waals surface area contributed by atoms with Crippen molar-refractivity contribution in [2.75, 3.05) is 18.9 Å². The summed E-state index contributed by atoms with van der Waals surface area (Å²) in [6, 6.07) is 2.14. The van der Waals surface area contributed by atoms with Crippen molar-refractivity contribution in [3.8, 4) is 0 Å². The van der Waals surface area contributed by atoms with Crippen LogP contribution in [0.5, 0.6) is 0 Å². The molecule has 0 atom stereocenters. The van der Waals surface area contributed by atoms with Crippen LogP contribution in [0.3, 0.4) is 0 Å². The van der Waals surface area contributed by atoms with E-state index >= 15 is 0 Å². The number of amides is 3. The first-order valence-electron chi connectivity index (χ1n) is 4.73. The third-order valence-corrected chi connectivity index (χ3v) is 1.80. The van der Waals surface area contributed by atoms with Crippen molar-refractivity contribution >= 4 is 17.6 Å². The molecule has 0 bridgehead atoms. The number of benzene rings is 1. The molecule has 0 saturated heterocycles. The Labute approximate surface area is 96.2 Å². The van der Waals surface area contributed by atoms with Gasteiger partial charge in [-0.15, -0.1) is 0 Å². The number of hydrogen-bond donors (Lipinski definition) is 3. The average molecular weight is 243 g/mol. The minimum absolute atomic E-state index is 0.120. The van der Waals surface area contributed by atoms with Crippen LogP contribution in [0, 0.1) is 11.6 Å². The molecule has 0 aliphatic carbocycles. The summed E-state index contributed by atoms with van der Waals surface area (Å²) in [7, 11) is 1.36. The Morgan fingerprint density at radius 2 is 1.76 bits per heavy atom. The van der Waals surface area contributed by atoms with E-state index in [1.165, 1.54) is 7.05 Å². The largest absolute Gasteiger partial charge is 0.376 e. The van der Waals surface area contributed by atoms with Crippen LogP contribution in [-0.4, -0.2) is 25.5 Å². The lowest BCUT2D eigenvalue weighted by Crippen LogP contribution is -2.40. The maximum atomic E-state index is 12.8. The van der Waals surface area contributed by atoms with Crippen molar-refractivity contribution in [2.24, 2.45) is 0 Å². The topological polar surface area (TPSA) is 70.2 Å². The number of carbonyl (C=O) groups is 2. The maximum absolute atomic E-state index is 12.8. The maximum Gasteiger partial charge on any atom is 0.321 e. The van der Waals surface area contributed by atoms with E-state index in [0.29, 0.717) is 0 Å². The first-order valence-corrected chi connectivity index (χ1v) is 4.73. The normalized spacial score (nSPS) is 9.59. The van der Waals surface area contributed by atoms with Crippen molar-refractivity contribution in [1.82, 2.24) is 10.6 Å². The summed E-state index contributed by atoms with van der Waals surface area (Å²) in [5, 5.41) is 6.67. The highest BCUT2D eigenvalue weighted by Crippen LogP contribution is 2.12. The predicted molar refractivity (Wildman–Crippen MR) is 57.4 cm³/mol. The molecule has 0 spiro atoms. The lowest BCUT2D eigenvalue weighted by Gasteiger charge is -2.06. The highest BCUT2D eigenvalue weighted by Gasteiger charge is 2.06. The molecule has 0 unspecified atom stereocenters. The van der Waals surface area contributed by atoms with E-state index in [1.54, 1.807) is 0 Å². The van der Waals surface area contributed by atoms with Gasteiger partial charge in [-0.1, -0.05) is 0 Å². The van der Waals surface area contributed by atoms with E-state index in [0.717, 1.165) is 18.2 Å². The highest BCUT2D eigenvalue weighted by molar-refractivity contribution is 5.96. The molecule has 3 N–H and O–H groups in total. The Bertz CT molecular complexity index is 417. The fraction of sp³-hybridized carbons (Fsp3) is 0.200. The number of carbonyl (C=O) groups excluding carboxylic acids is 2. The minimum atomic E-state index is -0.751. The van der Waals surface area contributed by atoms with Gasteiger partial charge in [0, 0.05) is 18.8 Å². The number of hydrogen-bond acceptors (Lipinski definition) is 3. The first kappa shape index (κ1) is 12.9. The van der Waals surface area contributed by atoms with Gasteiger partial charge in [0.25, 0.3) is 0 Å². The van der Waals surface area contributed by atoms with Gasteiger partial charge in [0.2, 0.25) is 5.91 Å². The quantitative estimate of drug-likeness (QED) is 0.736. The summed E-state index contributed by atoms with van der Waals surface area (Å²) in [4.78, 5) is 21.9. The van der Waals surface area contributed by atoms with Crippen molar-refractivity contribution in [2.45, 2.75) is 0 Å². The minimum Gasteiger partial charge on any atom is -0.376 e. The molecule has 92 valence electrons. The smallest absolute Gasteiger partial charge is 0.321 e. The van der Waals surface area contributed by atoms with Crippen LogP contribution in [0.25, 0.3) is 0 Å². The molecular weight excluding hydrogens is 232 g/mol. The molecule has 0 aromatic heterocycles. The van der Waals surface area contributed by atoms with Gasteiger partial charge in [-0.2, -0.15) is 0 Å². The van der Waals surface area contributed by atoms with Gasteiger partial charge in [-0.3, -0.25) is 10.1 Å². The summed E-state index contributed by atoms with van der Waals surface area (Å²) in [6.07, 6.45) is 0. The van der Waals surface area contributed by atoms with Gasteiger partial charge in [-0.05, 0) is 12.1 Å². The van der Waals surface area contributed by atoms with Gasteiger partial charge >= 0.3 is 6.03 Å². The van der Waals surface area contributed by atoms with Gasteiger partial charge < -0.3 is 10.6 Å². The van der Waals surface area contributed by atoms with Crippen molar-refractivity contribution in [3.63, 3.8) is 0 Å². The van der Waals surface area contributed by atoms with E-state index in [9.17, 15) is 18.4 Å². The molecule has 0 saturated carbocycles. The molecule has 0 fully saturated rings. The molecule has 1 aromatic rings. The lowest BCUT2D eigenvalue weighted by atomic mass is 10.3. The highest BCUT2D eigenvalue weighted by atomic mass is 19.1. The van der Waals surface area contributed by atoms with Crippen LogP contribution in [0.15, 0.2) is 18.2 Å². The van der Waals surface area contributed by atoms with Crippen LogP contribution in [0.1, 0.15) is 0 Å². The molecule has 0 radical (unpaired) electrons. The van der Waals surface area contributed by atoms with Crippen LogP contribution in [0.2, 0.25) is 0 Å². The van der Waals surface area contributed by atoms with Crippen LogP contribution >= 0.6 is 0 Å². The third kappa shape index (κ3) is 4.45. The Morgan fingerprint density at radius 3 is 2.29 bits per heavy atom. The van der Waals surface area contributed by atoms with Crippen molar-refractivity contribution in [1.29, 1.82) is 0 Å². The fourth-order valence-electron chi connectivity index (χ4n) is 1.07. The molecule has 1 aromatic carbocycles. The van der Waals surface area contributed by atoms with Crippen LogP contribution in [-0.2, 0) is 4.79 Å². The fourth-order valence-corrected chi connectivity index (χ4v) is 1.07. The molecular formula is C10H11F2N3O2. The zero-order valence-electron chi connectivity index (χ0n) is 9.01. The van der Waals surface area contributed by atoms with E-state index in [4.69, 9.17) is 0 Å². The molecule has 7 heteroatoms. The number of urea groups is 1. The zero-order valence-corrected chi connectivity index (χ0v) is 9.01. The van der Waals surface area contributed by atoms with E-state index in [-0.39, 0.29) is 12.2 Å². The van der Waals surface area contributed by atoms with E-state index in [1.807, 2.05) is 5.32 Å². The average Bonchev–Trinajstić information content (AvgIpc) is 2.25. The summed E-state index contributed by atoms with van der Waals surface area (Å²) >= 11 is 0. The number of anilines is 1. The van der Waals surface area contributed by atoms with Gasteiger partial charge in [0.05, 0.1) is 6.54 Å². The number of rotatable bonds is 3. The summed E-state index contributed by atoms with van der Waals surface area (Å²) in [5.74, 6) is -2.12. The predicted octanol–water partition coefficient (Wildman–Crippen LogP) is 0.832.